The number of aromatic nitrogens is 3. The monoisotopic (exact) mass is 435 g/mol. The van der Waals surface area contributed by atoms with Crippen molar-refractivity contribution in [3.63, 3.8) is 0 Å². The van der Waals surface area contributed by atoms with Gasteiger partial charge in [0.05, 0.1) is 6.54 Å². The summed E-state index contributed by atoms with van der Waals surface area (Å²) in [5, 5.41) is 6.72. The first-order valence-electron chi connectivity index (χ1n) is 9.70. The maximum absolute atomic E-state index is 6.37. The summed E-state index contributed by atoms with van der Waals surface area (Å²) < 4.78 is 1.92. The van der Waals surface area contributed by atoms with Crippen molar-refractivity contribution < 1.29 is 0 Å². The van der Waals surface area contributed by atoms with Gasteiger partial charge in [0.2, 0.25) is 0 Å². The molecule has 1 heterocycles. The Balaban J connectivity index is 1.84. The van der Waals surface area contributed by atoms with Gasteiger partial charge < -0.3 is 0 Å². The van der Waals surface area contributed by atoms with Gasteiger partial charge in [0.25, 0.3) is 0 Å². The van der Waals surface area contributed by atoms with Crippen LogP contribution in [-0.4, -0.2) is 14.8 Å². The first-order chi connectivity index (χ1) is 13.6. The highest BCUT2D eigenvalue weighted by Crippen LogP contribution is 2.25. The fraction of sp³-hybridized carbons (Fsp3) is 0.364. The zero-order valence-corrected chi connectivity index (χ0v) is 18.2. The maximum atomic E-state index is 6.37. The number of halogens is 3. The average molecular weight is 437 g/mol. The van der Waals surface area contributed by atoms with Gasteiger partial charge in [0.1, 0.15) is 0 Å². The molecule has 0 aliphatic rings. The van der Waals surface area contributed by atoms with E-state index in [0.29, 0.717) is 21.6 Å². The molecule has 0 amide bonds. The molecule has 3 nitrogen and oxygen atoms in total. The molecule has 2 aromatic carbocycles. The van der Waals surface area contributed by atoms with Crippen LogP contribution in [0.2, 0.25) is 15.1 Å². The Morgan fingerprint density at radius 2 is 1.57 bits per heavy atom. The Labute approximate surface area is 181 Å². The summed E-state index contributed by atoms with van der Waals surface area (Å²) in [6.07, 6.45) is 6.99. The van der Waals surface area contributed by atoms with Gasteiger partial charge >= 0.3 is 0 Å². The minimum atomic E-state index is 0.538. The lowest BCUT2D eigenvalue weighted by molar-refractivity contribution is 0.614. The highest BCUT2D eigenvalue weighted by atomic mass is 35.5. The van der Waals surface area contributed by atoms with Crippen molar-refractivity contribution in [2.24, 2.45) is 0 Å². The van der Waals surface area contributed by atoms with Gasteiger partial charge in [0, 0.05) is 27.1 Å². The second kappa shape index (κ2) is 10.3. The molecule has 0 saturated carbocycles. The van der Waals surface area contributed by atoms with Crippen molar-refractivity contribution in [3.05, 3.63) is 68.9 Å². The third-order valence-electron chi connectivity index (χ3n) is 4.66. The average Bonchev–Trinajstić information content (AvgIpc) is 3.07. The fourth-order valence-electron chi connectivity index (χ4n) is 3.12. The minimum absolute atomic E-state index is 0.538. The van der Waals surface area contributed by atoms with Crippen LogP contribution in [-0.2, 0) is 13.0 Å². The maximum Gasteiger partial charge on any atom is 0.158 e. The smallest absolute Gasteiger partial charge is 0.158 e. The first kappa shape index (κ1) is 21.2. The molecule has 1 aromatic heterocycles. The molecule has 28 heavy (non-hydrogen) atoms. The zero-order valence-electron chi connectivity index (χ0n) is 16.0. The summed E-state index contributed by atoms with van der Waals surface area (Å²) in [6, 6.07) is 13.2. The summed E-state index contributed by atoms with van der Waals surface area (Å²) >= 11 is 18.4. The van der Waals surface area contributed by atoms with Crippen molar-refractivity contribution in [3.8, 4) is 11.4 Å². The summed E-state index contributed by atoms with van der Waals surface area (Å²) in [4.78, 5) is 4.81. The Morgan fingerprint density at radius 1 is 0.857 bits per heavy atom. The fourth-order valence-corrected chi connectivity index (χ4v) is 3.71. The van der Waals surface area contributed by atoms with E-state index in [1.807, 2.05) is 41.1 Å². The number of benzene rings is 2. The van der Waals surface area contributed by atoms with Gasteiger partial charge in [-0.3, -0.25) is 0 Å². The third-order valence-corrected chi connectivity index (χ3v) is 5.50. The van der Waals surface area contributed by atoms with Gasteiger partial charge in [-0.25, -0.2) is 9.67 Å². The summed E-state index contributed by atoms with van der Waals surface area (Å²) in [6.45, 7) is 2.76. The molecule has 0 atom stereocenters. The standard InChI is InChI=1S/C22H24Cl3N3/c1-2-3-4-5-6-7-21-26-22(16-8-11-18(23)12-9-16)28(27-21)15-17-10-13-19(24)14-20(17)25/h8-14H,2-7,15H2,1H3. The normalized spacial score (nSPS) is 11.1. The van der Waals surface area contributed by atoms with E-state index < -0.39 is 0 Å². The second-order valence-electron chi connectivity index (χ2n) is 6.92. The van der Waals surface area contributed by atoms with Gasteiger partial charge in [0.15, 0.2) is 11.6 Å². The summed E-state index contributed by atoms with van der Waals surface area (Å²) in [5.41, 5.74) is 1.94. The molecule has 0 N–H and O–H groups in total. The molecule has 0 fully saturated rings. The Morgan fingerprint density at radius 3 is 2.29 bits per heavy atom. The molecule has 148 valence electrons. The molecule has 0 unspecified atom stereocenters. The van der Waals surface area contributed by atoms with Crippen LogP contribution in [0.4, 0.5) is 0 Å². The summed E-state index contributed by atoms with van der Waals surface area (Å²) in [7, 11) is 0. The van der Waals surface area contributed by atoms with Gasteiger partial charge in [-0.1, -0.05) is 73.5 Å². The Bertz CT molecular complexity index is 904. The van der Waals surface area contributed by atoms with E-state index in [1.54, 1.807) is 6.07 Å². The lowest BCUT2D eigenvalue weighted by Gasteiger charge is -2.08. The molecule has 3 rings (SSSR count). The minimum Gasteiger partial charge on any atom is -0.241 e. The number of rotatable bonds is 9. The predicted octanol–water partition coefficient (Wildman–Crippen LogP) is 7.47. The molecular weight excluding hydrogens is 413 g/mol. The Hall–Kier alpha value is -1.55. The Kier molecular flexibility index (Phi) is 7.78. The van der Waals surface area contributed by atoms with Crippen LogP contribution >= 0.6 is 34.8 Å². The number of hydrogen-bond acceptors (Lipinski definition) is 2. The molecule has 0 spiro atoms. The second-order valence-corrected chi connectivity index (χ2v) is 8.20. The molecule has 3 aromatic rings. The van der Waals surface area contributed by atoms with E-state index >= 15 is 0 Å². The van der Waals surface area contributed by atoms with E-state index in [0.717, 1.165) is 35.6 Å². The van der Waals surface area contributed by atoms with Crippen molar-refractivity contribution in [2.75, 3.05) is 0 Å². The van der Waals surface area contributed by atoms with Crippen molar-refractivity contribution in [2.45, 2.75) is 52.0 Å². The molecule has 0 aliphatic carbocycles. The molecule has 6 heteroatoms. The molecule has 0 radical (unpaired) electrons. The highest BCUT2D eigenvalue weighted by Gasteiger charge is 2.14. The van der Waals surface area contributed by atoms with Gasteiger partial charge in [-0.15, -0.1) is 0 Å². The zero-order chi connectivity index (χ0) is 19.9. The summed E-state index contributed by atoms with van der Waals surface area (Å²) in [5.74, 6) is 1.69. The van der Waals surface area contributed by atoms with E-state index in [9.17, 15) is 0 Å². The highest BCUT2D eigenvalue weighted by molar-refractivity contribution is 6.35. The molecule has 0 aliphatic heterocycles. The molecular formula is C22H24Cl3N3. The van der Waals surface area contributed by atoms with Crippen LogP contribution in [0, 0.1) is 0 Å². The lowest BCUT2D eigenvalue weighted by atomic mass is 10.1. The van der Waals surface area contributed by atoms with Crippen molar-refractivity contribution in [1.82, 2.24) is 14.8 Å². The lowest BCUT2D eigenvalue weighted by Crippen LogP contribution is -2.05. The first-order valence-corrected chi connectivity index (χ1v) is 10.8. The third kappa shape index (κ3) is 5.73. The van der Waals surface area contributed by atoms with Gasteiger partial charge in [-0.05, 0) is 48.4 Å². The van der Waals surface area contributed by atoms with E-state index in [4.69, 9.17) is 44.9 Å². The van der Waals surface area contributed by atoms with Gasteiger partial charge in [-0.2, -0.15) is 5.10 Å². The van der Waals surface area contributed by atoms with E-state index in [-0.39, 0.29) is 0 Å². The number of aryl methyl sites for hydroxylation is 1. The van der Waals surface area contributed by atoms with E-state index in [1.165, 1.54) is 25.7 Å². The van der Waals surface area contributed by atoms with Crippen LogP contribution in [0.15, 0.2) is 42.5 Å². The SMILES string of the molecule is CCCCCCCc1nc(-c2ccc(Cl)cc2)n(Cc2ccc(Cl)cc2Cl)n1. The van der Waals surface area contributed by atoms with Crippen LogP contribution < -0.4 is 0 Å². The van der Waals surface area contributed by atoms with Crippen LogP contribution in [0.3, 0.4) is 0 Å². The number of nitrogens with zero attached hydrogens (tertiary/aromatic N) is 3. The molecule has 0 bridgehead atoms. The van der Waals surface area contributed by atoms with Crippen LogP contribution in [0.25, 0.3) is 11.4 Å². The largest absolute Gasteiger partial charge is 0.241 e. The number of hydrogen-bond donors (Lipinski definition) is 0. The van der Waals surface area contributed by atoms with E-state index in [2.05, 4.69) is 6.92 Å². The van der Waals surface area contributed by atoms with Crippen molar-refractivity contribution >= 4 is 34.8 Å². The predicted molar refractivity (Wildman–Crippen MR) is 118 cm³/mol. The van der Waals surface area contributed by atoms with Crippen LogP contribution in [0.1, 0.15) is 50.4 Å². The molecule has 0 saturated heterocycles. The van der Waals surface area contributed by atoms with Crippen LogP contribution in [0.5, 0.6) is 0 Å². The number of unbranched alkanes of at least 4 members (excludes halogenated alkanes) is 4. The quantitative estimate of drug-likeness (QED) is 0.326. The topological polar surface area (TPSA) is 30.7 Å². The van der Waals surface area contributed by atoms with Crippen molar-refractivity contribution in [1.29, 1.82) is 0 Å².